The number of carbonyl (C=O) groups is 1. The summed E-state index contributed by atoms with van der Waals surface area (Å²) in [4.78, 5) is 12.4. The first-order valence-electron chi connectivity index (χ1n) is 10.4. The lowest BCUT2D eigenvalue weighted by Gasteiger charge is -2.44. The number of fused-ring (bicyclic) bond motifs is 1. The fraction of sp³-hybridized carbons (Fsp3) is 0.346. The van der Waals surface area contributed by atoms with E-state index in [1.807, 2.05) is 12.2 Å². The molecule has 1 aliphatic heterocycles. The normalized spacial score (nSPS) is 16.4. The maximum absolute atomic E-state index is 12.4. The van der Waals surface area contributed by atoms with E-state index in [-0.39, 0.29) is 23.0 Å². The molecule has 0 aromatic heterocycles. The molecule has 1 aliphatic rings. The molecule has 0 saturated carbocycles. The number of allylic oxidation sites excluding steroid dienone is 3. The predicted octanol–water partition coefficient (Wildman–Crippen LogP) is 5.80. The Hall–Kier alpha value is -2.53. The molecule has 1 amide bonds. The van der Waals surface area contributed by atoms with Crippen LogP contribution < -0.4 is 10.1 Å². The number of phenols is 1. The maximum Gasteiger partial charge on any atom is 0.231 e. The molecular weight excluding hydrogens is 454 g/mol. The average Bonchev–Trinajstić information content (AvgIpc) is 2.74. The number of alkyl halides is 1. The molecule has 2 N–H and O–H groups in total. The Bertz CT molecular complexity index is 877. The Morgan fingerprint density at radius 1 is 1.00 bits per heavy atom. The van der Waals surface area contributed by atoms with Crippen LogP contribution in [0.5, 0.6) is 11.5 Å². The van der Waals surface area contributed by atoms with E-state index in [2.05, 4.69) is 54.1 Å². The van der Waals surface area contributed by atoms with Crippen LogP contribution >= 0.6 is 15.9 Å². The number of nitrogens with one attached hydrogen (secondary N) is 1. The van der Waals surface area contributed by atoms with E-state index >= 15 is 0 Å². The molecular formula is C26H32BrNO3. The van der Waals surface area contributed by atoms with Gasteiger partial charge in [0.25, 0.3) is 0 Å². The van der Waals surface area contributed by atoms with Gasteiger partial charge in [-0.25, -0.2) is 0 Å². The molecule has 166 valence electrons. The Kier molecular flexibility index (Phi) is 8.93. The van der Waals surface area contributed by atoms with Crippen LogP contribution in [0.3, 0.4) is 0 Å². The number of phenolic OH excluding ortho intramolecular Hbond substituents is 1. The Morgan fingerprint density at radius 2 is 1.55 bits per heavy atom. The lowest BCUT2D eigenvalue weighted by molar-refractivity contribution is -0.119. The van der Waals surface area contributed by atoms with Crippen LogP contribution in [0.15, 0.2) is 63.3 Å². The smallest absolute Gasteiger partial charge is 0.231 e. The number of amides is 1. The number of hydrogen-bond acceptors (Lipinski definition) is 3. The molecule has 1 heterocycles. The quantitative estimate of drug-likeness (QED) is 0.290. The Balaban J connectivity index is 2.90. The first kappa shape index (κ1) is 24.7. The van der Waals surface area contributed by atoms with E-state index in [1.54, 1.807) is 18.2 Å². The zero-order valence-corrected chi connectivity index (χ0v) is 19.7. The molecule has 0 fully saturated rings. The van der Waals surface area contributed by atoms with Crippen LogP contribution in [0.4, 0.5) is 0 Å². The minimum absolute atomic E-state index is 0.131. The van der Waals surface area contributed by atoms with Gasteiger partial charge >= 0.3 is 0 Å². The highest BCUT2D eigenvalue weighted by Gasteiger charge is 2.43. The summed E-state index contributed by atoms with van der Waals surface area (Å²) in [5, 5.41) is 14.5. The number of benzene rings is 1. The number of aromatic hydroxyl groups is 1. The summed E-state index contributed by atoms with van der Waals surface area (Å²) in [6, 6.07) is -0.337. The van der Waals surface area contributed by atoms with Gasteiger partial charge in [0.05, 0.1) is 11.4 Å². The van der Waals surface area contributed by atoms with E-state index < -0.39 is 5.60 Å². The Morgan fingerprint density at radius 3 is 2.06 bits per heavy atom. The number of ether oxygens (including phenoxy) is 1. The molecule has 1 aromatic carbocycles. The van der Waals surface area contributed by atoms with E-state index in [1.165, 1.54) is 0 Å². The first-order chi connectivity index (χ1) is 14.9. The number of hydrogen-bond donors (Lipinski definition) is 2. The summed E-state index contributed by atoms with van der Waals surface area (Å²) in [5.41, 5.74) is 2.57. The van der Waals surface area contributed by atoms with E-state index in [9.17, 15) is 9.90 Å². The van der Waals surface area contributed by atoms with Crippen molar-refractivity contribution < 1.29 is 14.6 Å². The summed E-state index contributed by atoms with van der Waals surface area (Å²) in [6.07, 6.45) is 12.2. The molecule has 0 radical (unpaired) electrons. The van der Waals surface area contributed by atoms with E-state index in [4.69, 9.17) is 4.74 Å². The maximum atomic E-state index is 12.4. The molecule has 0 aliphatic carbocycles. The fourth-order valence-electron chi connectivity index (χ4n) is 4.40. The lowest BCUT2D eigenvalue weighted by atomic mass is 9.78. The lowest BCUT2D eigenvalue weighted by Crippen LogP contribution is -2.46. The third-order valence-corrected chi connectivity index (χ3v) is 6.07. The Labute approximate surface area is 194 Å². The van der Waals surface area contributed by atoms with Crippen molar-refractivity contribution in [1.29, 1.82) is 0 Å². The molecule has 0 bridgehead atoms. The first-order valence-corrected chi connectivity index (χ1v) is 11.5. The number of carbonyl (C=O) groups excluding carboxylic acids is 1. The summed E-state index contributed by atoms with van der Waals surface area (Å²) < 4.78 is 6.73. The van der Waals surface area contributed by atoms with Gasteiger partial charge in [-0.15, -0.1) is 32.9 Å². The second-order valence-electron chi connectivity index (χ2n) is 7.73. The molecule has 0 saturated heterocycles. The van der Waals surface area contributed by atoms with Crippen LogP contribution in [0.2, 0.25) is 0 Å². The van der Waals surface area contributed by atoms with Gasteiger partial charge in [-0.2, -0.15) is 0 Å². The molecule has 31 heavy (non-hydrogen) atoms. The van der Waals surface area contributed by atoms with Crippen LogP contribution in [0.25, 0.3) is 0 Å². The van der Waals surface area contributed by atoms with E-state index in [0.29, 0.717) is 44.3 Å². The van der Waals surface area contributed by atoms with Crippen molar-refractivity contribution in [2.75, 3.05) is 5.33 Å². The molecule has 5 heteroatoms. The molecule has 4 nitrogen and oxygen atoms in total. The van der Waals surface area contributed by atoms with Crippen molar-refractivity contribution in [3.63, 3.8) is 0 Å². The van der Waals surface area contributed by atoms with Crippen molar-refractivity contribution in [1.82, 2.24) is 5.32 Å². The van der Waals surface area contributed by atoms with Crippen LogP contribution in [0.1, 0.15) is 47.6 Å². The highest BCUT2D eigenvalue weighted by atomic mass is 79.9. The average molecular weight is 486 g/mol. The summed E-state index contributed by atoms with van der Waals surface area (Å²) in [6.45, 7) is 19.4. The molecule has 1 aromatic rings. The SMILES string of the molecule is C=CCc1c(O)c(CC=C)c2c(c1CC=C)OC(CC=C)(CC=C)CC2NC(=O)CBr. The number of halogens is 1. The summed E-state index contributed by atoms with van der Waals surface area (Å²) >= 11 is 3.24. The van der Waals surface area contributed by atoms with Gasteiger partial charge in [0.15, 0.2) is 0 Å². The van der Waals surface area contributed by atoms with Gasteiger partial charge in [0.2, 0.25) is 5.91 Å². The van der Waals surface area contributed by atoms with Crippen molar-refractivity contribution in [3.8, 4) is 11.5 Å². The minimum atomic E-state index is -0.593. The van der Waals surface area contributed by atoms with Crippen molar-refractivity contribution in [2.45, 2.75) is 50.2 Å². The third-order valence-electron chi connectivity index (χ3n) is 5.56. The standard InChI is InChI=1S/C26H32BrNO3/c1-6-11-18-19(12-7-2)25-23(20(13-8-3)24(18)30)21(28-22(29)17-27)16-26(31-25,14-9-4)15-10-5/h6-10,21,30H,1-5,11-17H2,(H,28,29). The largest absolute Gasteiger partial charge is 0.507 e. The predicted molar refractivity (Wildman–Crippen MR) is 132 cm³/mol. The van der Waals surface area contributed by atoms with Crippen molar-refractivity contribution in [3.05, 3.63) is 85.5 Å². The summed E-state index contributed by atoms with van der Waals surface area (Å²) in [5.74, 6) is 0.770. The third kappa shape index (κ3) is 5.21. The van der Waals surface area contributed by atoms with Gasteiger partial charge in [0.1, 0.15) is 17.1 Å². The van der Waals surface area contributed by atoms with Gasteiger partial charge < -0.3 is 15.2 Å². The van der Waals surface area contributed by atoms with Crippen LogP contribution in [-0.2, 0) is 24.1 Å². The molecule has 0 spiro atoms. The molecule has 1 atom stereocenters. The van der Waals surface area contributed by atoms with Crippen molar-refractivity contribution >= 4 is 21.8 Å². The molecule has 1 unspecified atom stereocenters. The van der Waals surface area contributed by atoms with Crippen LogP contribution in [0, 0.1) is 0 Å². The topological polar surface area (TPSA) is 58.6 Å². The minimum Gasteiger partial charge on any atom is -0.507 e. The van der Waals surface area contributed by atoms with Gasteiger partial charge in [-0.05, 0) is 19.3 Å². The highest BCUT2D eigenvalue weighted by Crippen LogP contribution is 2.51. The fourth-order valence-corrected chi connectivity index (χ4v) is 4.56. The second kappa shape index (κ2) is 11.2. The zero-order valence-electron chi connectivity index (χ0n) is 18.1. The van der Waals surface area contributed by atoms with Crippen LogP contribution in [-0.4, -0.2) is 21.9 Å². The van der Waals surface area contributed by atoms with Gasteiger partial charge in [-0.3, -0.25) is 4.79 Å². The monoisotopic (exact) mass is 485 g/mol. The highest BCUT2D eigenvalue weighted by molar-refractivity contribution is 9.09. The zero-order chi connectivity index (χ0) is 23.0. The van der Waals surface area contributed by atoms with Gasteiger partial charge in [0, 0.05) is 41.5 Å². The molecule has 2 rings (SSSR count). The van der Waals surface area contributed by atoms with Gasteiger partial charge in [-0.1, -0.05) is 46.3 Å². The second-order valence-corrected chi connectivity index (χ2v) is 8.29. The number of rotatable bonds is 12. The van der Waals surface area contributed by atoms with Crippen molar-refractivity contribution in [2.24, 2.45) is 0 Å². The van der Waals surface area contributed by atoms with E-state index in [0.717, 1.165) is 22.3 Å². The summed E-state index contributed by atoms with van der Waals surface area (Å²) in [7, 11) is 0.